The summed E-state index contributed by atoms with van der Waals surface area (Å²) in [5.74, 6) is 0.845. The van der Waals surface area contributed by atoms with Crippen molar-refractivity contribution < 1.29 is 14.3 Å². The number of benzene rings is 1. The largest absolute Gasteiger partial charge is 0.497 e. The van der Waals surface area contributed by atoms with Gasteiger partial charge in [-0.25, -0.2) is 4.79 Å². The van der Waals surface area contributed by atoms with Gasteiger partial charge in [-0.15, -0.1) is 0 Å². The summed E-state index contributed by atoms with van der Waals surface area (Å²) in [7, 11) is 1.67. The number of hydrogen-bond donors (Lipinski definition) is 2. The summed E-state index contributed by atoms with van der Waals surface area (Å²) in [5, 5.41) is 6.22. The number of amides is 2. The zero-order valence-corrected chi connectivity index (χ0v) is 15.7. The third-order valence-corrected chi connectivity index (χ3v) is 5.38. The maximum atomic E-state index is 12.3. The number of nitrogens with zero attached hydrogens (tertiary/aromatic N) is 1. The number of hydrogen-bond acceptors (Lipinski definition) is 4. The molecule has 2 fully saturated rings. The molecule has 6 heteroatoms. The number of urea groups is 1. The van der Waals surface area contributed by atoms with Crippen LogP contribution in [0.2, 0.25) is 0 Å². The number of nitrogens with one attached hydrogen (secondary N) is 2. The van der Waals surface area contributed by atoms with E-state index < -0.39 is 0 Å². The van der Waals surface area contributed by atoms with Gasteiger partial charge >= 0.3 is 6.03 Å². The maximum Gasteiger partial charge on any atom is 0.315 e. The molecule has 1 aliphatic heterocycles. The van der Waals surface area contributed by atoms with E-state index in [4.69, 9.17) is 9.47 Å². The average Bonchev–Trinajstić information content (AvgIpc) is 2.70. The molecule has 1 aliphatic carbocycles. The van der Waals surface area contributed by atoms with E-state index in [1.54, 1.807) is 7.11 Å². The van der Waals surface area contributed by atoms with E-state index in [0.717, 1.165) is 44.9 Å². The van der Waals surface area contributed by atoms with E-state index in [1.165, 1.54) is 24.8 Å². The Morgan fingerprint density at radius 2 is 1.88 bits per heavy atom. The van der Waals surface area contributed by atoms with Crippen LogP contribution in [0.25, 0.3) is 0 Å². The lowest BCUT2D eigenvalue weighted by molar-refractivity contribution is 0.0166. The van der Waals surface area contributed by atoms with E-state index in [1.807, 2.05) is 12.1 Å². The van der Waals surface area contributed by atoms with Gasteiger partial charge in [-0.1, -0.05) is 31.4 Å². The molecule has 2 aliphatic rings. The van der Waals surface area contributed by atoms with Crippen molar-refractivity contribution >= 4 is 6.03 Å². The maximum absolute atomic E-state index is 12.3. The lowest BCUT2D eigenvalue weighted by Gasteiger charge is -2.35. The Kier molecular flexibility index (Phi) is 7.14. The predicted octanol–water partition coefficient (Wildman–Crippen LogP) is 2.70. The first-order valence-corrected chi connectivity index (χ1v) is 9.76. The fourth-order valence-electron chi connectivity index (χ4n) is 3.85. The van der Waals surface area contributed by atoms with E-state index >= 15 is 0 Å². The number of ether oxygens (including phenoxy) is 2. The molecule has 1 heterocycles. The van der Waals surface area contributed by atoms with Crippen molar-refractivity contribution in [3.8, 4) is 5.75 Å². The lowest BCUT2D eigenvalue weighted by atomic mass is 9.96. The summed E-state index contributed by atoms with van der Waals surface area (Å²) >= 11 is 0. The highest BCUT2D eigenvalue weighted by molar-refractivity contribution is 5.74. The molecule has 1 aromatic rings. The van der Waals surface area contributed by atoms with Crippen LogP contribution in [0, 0.1) is 0 Å². The van der Waals surface area contributed by atoms with E-state index in [-0.39, 0.29) is 12.1 Å². The Hall–Kier alpha value is -1.79. The number of carbonyl (C=O) groups excluding carboxylic acids is 1. The topological polar surface area (TPSA) is 62.8 Å². The predicted molar refractivity (Wildman–Crippen MR) is 102 cm³/mol. The van der Waals surface area contributed by atoms with Crippen molar-refractivity contribution in [2.24, 2.45) is 0 Å². The minimum atomic E-state index is -0.0522. The third kappa shape index (κ3) is 5.35. The molecular formula is C20H31N3O3. The Balaban J connectivity index is 1.59. The Bertz CT molecular complexity index is 552. The molecular weight excluding hydrogens is 330 g/mol. The third-order valence-electron chi connectivity index (χ3n) is 5.38. The summed E-state index contributed by atoms with van der Waals surface area (Å²) in [5.41, 5.74) is 1.19. The second-order valence-electron chi connectivity index (χ2n) is 7.13. The molecule has 6 nitrogen and oxygen atoms in total. The van der Waals surface area contributed by atoms with Crippen LogP contribution in [-0.2, 0) is 4.74 Å². The van der Waals surface area contributed by atoms with Gasteiger partial charge in [-0.3, -0.25) is 4.90 Å². The Morgan fingerprint density at radius 3 is 2.54 bits per heavy atom. The van der Waals surface area contributed by atoms with Gasteiger partial charge in [-0.05, 0) is 30.5 Å². The minimum Gasteiger partial charge on any atom is -0.497 e. The zero-order valence-electron chi connectivity index (χ0n) is 15.7. The molecule has 0 unspecified atom stereocenters. The average molecular weight is 361 g/mol. The van der Waals surface area contributed by atoms with E-state index in [2.05, 4.69) is 27.7 Å². The molecule has 26 heavy (non-hydrogen) atoms. The normalized spacial score (nSPS) is 20.3. The van der Waals surface area contributed by atoms with Crippen molar-refractivity contribution in [2.75, 3.05) is 40.0 Å². The fourth-order valence-corrected chi connectivity index (χ4v) is 3.85. The highest BCUT2D eigenvalue weighted by Crippen LogP contribution is 2.24. The van der Waals surface area contributed by atoms with Gasteiger partial charge in [0.25, 0.3) is 0 Å². The lowest BCUT2D eigenvalue weighted by Crippen LogP contribution is -2.47. The highest BCUT2D eigenvalue weighted by atomic mass is 16.5. The Morgan fingerprint density at radius 1 is 1.19 bits per heavy atom. The van der Waals surface area contributed by atoms with Crippen molar-refractivity contribution in [1.82, 2.24) is 15.5 Å². The molecule has 1 saturated heterocycles. The SMILES string of the molecule is COc1ccc([C@H](CNC(=O)NC2CCCCC2)N2CCOCC2)cc1. The van der Waals surface area contributed by atoms with Gasteiger partial charge < -0.3 is 20.1 Å². The molecule has 0 aromatic heterocycles. The second kappa shape index (κ2) is 9.78. The summed E-state index contributed by atoms with van der Waals surface area (Å²) in [6.07, 6.45) is 5.91. The van der Waals surface area contributed by atoms with Crippen molar-refractivity contribution in [1.29, 1.82) is 0 Å². The Labute approximate surface area is 156 Å². The molecule has 0 bridgehead atoms. The van der Waals surface area contributed by atoms with Gasteiger partial charge in [0.05, 0.1) is 26.4 Å². The quantitative estimate of drug-likeness (QED) is 0.818. The molecule has 2 amide bonds. The van der Waals surface area contributed by atoms with Crippen LogP contribution in [0.15, 0.2) is 24.3 Å². The monoisotopic (exact) mass is 361 g/mol. The highest BCUT2D eigenvalue weighted by Gasteiger charge is 2.24. The summed E-state index contributed by atoms with van der Waals surface area (Å²) in [4.78, 5) is 14.7. The van der Waals surface area contributed by atoms with Gasteiger partial charge in [0.15, 0.2) is 0 Å². The van der Waals surface area contributed by atoms with Crippen molar-refractivity contribution in [3.63, 3.8) is 0 Å². The summed E-state index contributed by atoms with van der Waals surface area (Å²) in [6.45, 7) is 3.82. The first-order valence-electron chi connectivity index (χ1n) is 9.76. The number of morpholine rings is 1. The fraction of sp³-hybridized carbons (Fsp3) is 0.650. The molecule has 2 N–H and O–H groups in total. The van der Waals surface area contributed by atoms with Crippen molar-refractivity contribution in [3.05, 3.63) is 29.8 Å². The van der Waals surface area contributed by atoms with Crippen molar-refractivity contribution in [2.45, 2.75) is 44.2 Å². The molecule has 0 radical (unpaired) electrons. The summed E-state index contributed by atoms with van der Waals surface area (Å²) < 4.78 is 10.8. The number of carbonyl (C=O) groups is 1. The van der Waals surface area contributed by atoms with Gasteiger partial charge in [0.1, 0.15) is 5.75 Å². The van der Waals surface area contributed by atoms with Crippen LogP contribution in [0.3, 0.4) is 0 Å². The van der Waals surface area contributed by atoms with Gasteiger partial charge in [0, 0.05) is 25.7 Å². The van der Waals surface area contributed by atoms with Gasteiger partial charge in [0.2, 0.25) is 0 Å². The minimum absolute atomic E-state index is 0.0522. The summed E-state index contributed by atoms with van der Waals surface area (Å²) in [6, 6.07) is 8.53. The first kappa shape index (κ1) is 19.0. The molecule has 1 saturated carbocycles. The number of rotatable bonds is 6. The standard InChI is InChI=1S/C20H31N3O3/c1-25-18-9-7-16(8-10-18)19(23-11-13-26-14-12-23)15-21-20(24)22-17-5-3-2-4-6-17/h7-10,17,19H,2-6,11-15H2,1H3,(H2,21,22,24)/t19-/m0/s1. The van der Waals surface area contributed by atoms with Crippen LogP contribution in [-0.4, -0.2) is 56.9 Å². The zero-order chi connectivity index (χ0) is 18.2. The number of methoxy groups -OCH3 is 1. The molecule has 144 valence electrons. The van der Waals surface area contributed by atoms with Crippen LogP contribution in [0.1, 0.15) is 43.7 Å². The molecule has 3 rings (SSSR count). The molecule has 1 aromatic carbocycles. The first-order chi connectivity index (χ1) is 12.8. The van der Waals surface area contributed by atoms with Gasteiger partial charge in [-0.2, -0.15) is 0 Å². The van der Waals surface area contributed by atoms with Crippen LogP contribution in [0.4, 0.5) is 4.79 Å². The smallest absolute Gasteiger partial charge is 0.315 e. The van der Waals surface area contributed by atoms with E-state index in [0.29, 0.717) is 12.6 Å². The van der Waals surface area contributed by atoms with Crippen LogP contribution < -0.4 is 15.4 Å². The molecule has 1 atom stereocenters. The molecule has 0 spiro atoms. The van der Waals surface area contributed by atoms with Crippen LogP contribution in [0.5, 0.6) is 5.75 Å². The van der Waals surface area contributed by atoms with E-state index in [9.17, 15) is 4.79 Å². The second-order valence-corrected chi connectivity index (χ2v) is 7.13. The van der Waals surface area contributed by atoms with Crippen LogP contribution >= 0.6 is 0 Å².